The van der Waals surface area contributed by atoms with Crippen LogP contribution >= 0.6 is 23.2 Å². The monoisotopic (exact) mass is 304 g/mol. The van der Waals surface area contributed by atoms with E-state index in [4.69, 9.17) is 34.5 Å². The van der Waals surface area contributed by atoms with E-state index >= 15 is 0 Å². The third-order valence-electron chi connectivity index (χ3n) is 2.53. The van der Waals surface area contributed by atoms with Crippen molar-refractivity contribution in [1.82, 2.24) is 0 Å². The van der Waals surface area contributed by atoms with Crippen LogP contribution in [0.15, 0.2) is 53.6 Å². The predicted octanol–water partition coefficient (Wildman–Crippen LogP) is 4.85. The molecule has 20 heavy (non-hydrogen) atoms. The fourth-order valence-corrected chi connectivity index (χ4v) is 2.16. The van der Waals surface area contributed by atoms with Gasteiger partial charge < -0.3 is 4.74 Å². The van der Waals surface area contributed by atoms with E-state index in [1.807, 2.05) is 18.2 Å². The first-order valence-corrected chi connectivity index (χ1v) is 6.55. The van der Waals surface area contributed by atoms with Crippen molar-refractivity contribution in [2.75, 3.05) is 0 Å². The van der Waals surface area contributed by atoms with Crippen LogP contribution in [-0.2, 0) is 6.42 Å². The third kappa shape index (κ3) is 3.74. The maximum absolute atomic E-state index is 6.86. The lowest BCUT2D eigenvalue weighted by Gasteiger charge is -2.08. The van der Waals surface area contributed by atoms with E-state index in [1.165, 1.54) is 0 Å². The molecule has 0 unspecified atom stereocenters. The molecule has 0 radical (unpaired) electrons. The van der Waals surface area contributed by atoms with Crippen LogP contribution in [0.3, 0.4) is 0 Å². The zero-order chi connectivity index (χ0) is 14.4. The Morgan fingerprint density at radius 2 is 1.70 bits per heavy atom. The minimum Gasteiger partial charge on any atom is -0.437 e. The molecule has 0 bridgehead atoms. The highest BCUT2D eigenvalue weighted by Crippen LogP contribution is 2.25. The smallest absolute Gasteiger partial charge is 0.279 e. The summed E-state index contributed by atoms with van der Waals surface area (Å²) < 4.78 is 5.59. The van der Waals surface area contributed by atoms with Crippen molar-refractivity contribution in [3.63, 3.8) is 0 Å². The van der Waals surface area contributed by atoms with Crippen LogP contribution in [0.1, 0.15) is 5.56 Å². The van der Waals surface area contributed by atoms with Crippen molar-refractivity contribution >= 4 is 29.1 Å². The van der Waals surface area contributed by atoms with Crippen LogP contribution in [0.4, 0.5) is 0 Å². The zero-order valence-corrected chi connectivity index (χ0v) is 11.9. The molecule has 0 aliphatic heterocycles. The first-order valence-electron chi connectivity index (χ1n) is 5.80. The molecule has 0 amide bonds. The van der Waals surface area contributed by atoms with E-state index in [0.29, 0.717) is 21.4 Å². The first kappa shape index (κ1) is 14.4. The summed E-state index contributed by atoms with van der Waals surface area (Å²) in [6, 6.07) is 14.4. The Balaban J connectivity index is 2.23. The molecule has 0 saturated carbocycles. The van der Waals surface area contributed by atoms with Crippen molar-refractivity contribution in [2.24, 2.45) is 5.10 Å². The van der Waals surface area contributed by atoms with Gasteiger partial charge >= 0.3 is 0 Å². The fourth-order valence-electron chi connectivity index (χ4n) is 1.62. The van der Waals surface area contributed by atoms with Gasteiger partial charge in [-0.2, -0.15) is 6.57 Å². The summed E-state index contributed by atoms with van der Waals surface area (Å²) in [5.41, 5.74) is 0.689. The number of ether oxygens (including phenoxy) is 1. The molecule has 0 heterocycles. The van der Waals surface area contributed by atoms with E-state index in [-0.39, 0.29) is 12.3 Å². The van der Waals surface area contributed by atoms with Gasteiger partial charge in [-0.15, -0.1) is 4.95 Å². The van der Waals surface area contributed by atoms with Crippen LogP contribution in [0, 0.1) is 6.57 Å². The molecule has 5 heteroatoms. The normalized spacial score (nSPS) is 10.9. The van der Waals surface area contributed by atoms with Crippen LogP contribution in [0.5, 0.6) is 5.75 Å². The molecule has 0 aliphatic carbocycles. The second-order valence-corrected chi connectivity index (χ2v) is 4.70. The molecule has 0 atom stereocenters. The number of halogens is 2. The molecule has 0 saturated heterocycles. The van der Waals surface area contributed by atoms with Crippen molar-refractivity contribution < 1.29 is 4.74 Å². The summed E-state index contributed by atoms with van der Waals surface area (Å²) in [5.74, 6) is 0.860. The molecule has 2 aromatic carbocycles. The van der Waals surface area contributed by atoms with Crippen molar-refractivity contribution in [3.8, 4) is 5.75 Å². The molecule has 0 fully saturated rings. The van der Waals surface area contributed by atoms with Gasteiger partial charge in [0.25, 0.3) is 5.90 Å². The molecule has 0 spiro atoms. The van der Waals surface area contributed by atoms with Crippen molar-refractivity contribution in [3.05, 3.63) is 75.7 Å². The lowest BCUT2D eigenvalue weighted by atomic mass is 10.1. The van der Waals surface area contributed by atoms with Gasteiger partial charge in [0.05, 0.1) is 6.42 Å². The molecule has 0 N–H and O–H groups in total. The fraction of sp³-hybridized carbons (Fsp3) is 0.0667. The summed E-state index contributed by atoms with van der Waals surface area (Å²) >= 11 is 12.2. The third-order valence-corrected chi connectivity index (χ3v) is 3.24. The van der Waals surface area contributed by atoms with E-state index in [1.54, 1.807) is 30.3 Å². The van der Waals surface area contributed by atoms with Gasteiger partial charge in [-0.05, 0) is 29.8 Å². The Morgan fingerprint density at radius 1 is 1.05 bits per heavy atom. The molecule has 3 nitrogen and oxygen atoms in total. The standard InChI is InChI=1S/C15H10Cl2N2O/c1-18-19-15(20-11-6-3-2-4-7-11)10-12-13(16)8-5-9-14(12)17/h2-9H,10H2/b19-15-. The lowest BCUT2D eigenvalue weighted by Crippen LogP contribution is -2.12. The Bertz CT molecular complexity index is 643. The van der Waals surface area contributed by atoms with Gasteiger partial charge in [-0.25, -0.2) is 0 Å². The quantitative estimate of drug-likeness (QED) is 0.344. The molecule has 0 aromatic heterocycles. The molecular formula is C15H10Cl2N2O. The Hall–Kier alpha value is -2.02. The maximum Gasteiger partial charge on any atom is 0.279 e. The van der Waals surface area contributed by atoms with E-state index in [9.17, 15) is 0 Å². The van der Waals surface area contributed by atoms with Crippen LogP contribution in [-0.4, -0.2) is 5.90 Å². The average molecular weight is 305 g/mol. The Labute approximate surface area is 127 Å². The number of hydrogen-bond donors (Lipinski definition) is 0. The van der Waals surface area contributed by atoms with Gasteiger partial charge in [0.1, 0.15) is 10.9 Å². The number of nitrogens with zero attached hydrogens (tertiary/aromatic N) is 2. The van der Waals surface area contributed by atoms with Crippen molar-refractivity contribution in [2.45, 2.75) is 6.42 Å². The molecule has 2 aromatic rings. The molecule has 100 valence electrons. The summed E-state index contributed by atoms with van der Waals surface area (Å²) in [7, 11) is 0. The van der Waals surface area contributed by atoms with Crippen LogP contribution < -0.4 is 4.74 Å². The zero-order valence-electron chi connectivity index (χ0n) is 10.4. The number of para-hydroxylation sites is 1. The van der Waals surface area contributed by atoms with Gasteiger partial charge in [0.15, 0.2) is 0 Å². The number of benzene rings is 2. The highest BCUT2D eigenvalue weighted by Gasteiger charge is 2.13. The van der Waals surface area contributed by atoms with Crippen LogP contribution in [0.25, 0.3) is 4.95 Å². The second-order valence-electron chi connectivity index (χ2n) is 3.89. The van der Waals surface area contributed by atoms with Gasteiger partial charge in [-0.3, -0.25) is 0 Å². The average Bonchev–Trinajstić information content (AvgIpc) is 2.44. The topological polar surface area (TPSA) is 25.9 Å². The summed E-state index contributed by atoms with van der Waals surface area (Å²) in [4.78, 5) is 3.01. The van der Waals surface area contributed by atoms with Gasteiger partial charge in [0, 0.05) is 10.0 Å². The van der Waals surface area contributed by atoms with Crippen LogP contribution in [0.2, 0.25) is 10.0 Å². The maximum atomic E-state index is 6.86. The van der Waals surface area contributed by atoms with Gasteiger partial charge in [0.2, 0.25) is 0 Å². The molecular weight excluding hydrogens is 295 g/mol. The summed E-state index contributed by atoms with van der Waals surface area (Å²) in [6.07, 6.45) is 0.260. The second kappa shape index (κ2) is 6.95. The number of rotatable bonds is 3. The highest BCUT2D eigenvalue weighted by atomic mass is 35.5. The minimum absolute atomic E-state index is 0.251. The van der Waals surface area contributed by atoms with E-state index < -0.39 is 0 Å². The highest BCUT2D eigenvalue weighted by molar-refractivity contribution is 6.36. The summed E-state index contributed by atoms with van der Waals surface area (Å²) in [6.45, 7) is 6.86. The Morgan fingerprint density at radius 3 is 2.30 bits per heavy atom. The largest absolute Gasteiger partial charge is 0.437 e. The first-order chi connectivity index (χ1) is 9.70. The Kier molecular flexibility index (Phi) is 5.00. The number of hydrogen-bond acceptors (Lipinski definition) is 2. The predicted molar refractivity (Wildman–Crippen MR) is 81.3 cm³/mol. The SMILES string of the molecule is [C-]#[N+]/N=C(/Cc1c(Cl)cccc1Cl)Oc1ccccc1. The summed E-state index contributed by atoms with van der Waals surface area (Å²) in [5, 5.41) is 4.71. The van der Waals surface area contributed by atoms with E-state index in [0.717, 1.165) is 0 Å². The molecule has 2 rings (SSSR count). The minimum atomic E-state index is 0.251. The van der Waals surface area contributed by atoms with Crippen molar-refractivity contribution in [1.29, 1.82) is 0 Å². The van der Waals surface area contributed by atoms with Gasteiger partial charge in [-0.1, -0.05) is 47.5 Å². The lowest BCUT2D eigenvalue weighted by molar-refractivity contribution is 0.538. The molecule has 0 aliphatic rings. The van der Waals surface area contributed by atoms with E-state index in [2.05, 4.69) is 10.1 Å².